The number of phenols is 1. The van der Waals surface area contributed by atoms with Gasteiger partial charge in [0, 0.05) is 0 Å². The van der Waals surface area contributed by atoms with Gasteiger partial charge in [0.1, 0.15) is 5.75 Å². The molecule has 1 aliphatic heterocycles. The van der Waals surface area contributed by atoms with Crippen molar-refractivity contribution in [2.45, 2.75) is 37.9 Å². The van der Waals surface area contributed by atoms with Crippen LogP contribution in [0.15, 0.2) is 24.3 Å². The van der Waals surface area contributed by atoms with Crippen molar-refractivity contribution in [3.05, 3.63) is 24.3 Å². The fraction of sp³-hybridized carbons (Fsp3) is 0.500. The SMILES string of the molecule is C[Si]1(c2ccc(O)cc2)CCCCC1. The molecule has 0 unspecified atom stereocenters. The van der Waals surface area contributed by atoms with Gasteiger partial charge in [-0.25, -0.2) is 0 Å². The van der Waals surface area contributed by atoms with Gasteiger partial charge in [-0.3, -0.25) is 0 Å². The van der Waals surface area contributed by atoms with Crippen LogP contribution in [-0.2, 0) is 0 Å². The first-order valence-electron chi connectivity index (χ1n) is 5.50. The van der Waals surface area contributed by atoms with E-state index in [0.717, 1.165) is 0 Å². The van der Waals surface area contributed by atoms with Gasteiger partial charge in [0.15, 0.2) is 0 Å². The lowest BCUT2D eigenvalue weighted by Crippen LogP contribution is -2.45. The largest absolute Gasteiger partial charge is 0.508 e. The molecule has 14 heavy (non-hydrogen) atoms. The van der Waals surface area contributed by atoms with Gasteiger partial charge in [-0.05, 0) is 12.1 Å². The van der Waals surface area contributed by atoms with Crippen LogP contribution < -0.4 is 5.19 Å². The van der Waals surface area contributed by atoms with E-state index in [-0.39, 0.29) is 0 Å². The summed E-state index contributed by atoms with van der Waals surface area (Å²) in [5.41, 5.74) is 0. The van der Waals surface area contributed by atoms with Gasteiger partial charge in [0.25, 0.3) is 0 Å². The summed E-state index contributed by atoms with van der Waals surface area (Å²) in [7, 11) is -1.15. The second-order valence-corrected chi connectivity index (χ2v) is 9.37. The van der Waals surface area contributed by atoms with Crippen molar-refractivity contribution in [1.29, 1.82) is 0 Å². The van der Waals surface area contributed by atoms with E-state index in [2.05, 4.69) is 18.7 Å². The van der Waals surface area contributed by atoms with Crippen molar-refractivity contribution in [3.8, 4) is 5.75 Å². The van der Waals surface area contributed by atoms with E-state index in [1.807, 2.05) is 12.1 Å². The number of phenolic OH excluding ortho intramolecular Hbond substituents is 1. The van der Waals surface area contributed by atoms with Crippen LogP contribution in [0.25, 0.3) is 0 Å². The lowest BCUT2D eigenvalue weighted by atomic mass is 10.3. The van der Waals surface area contributed by atoms with Crippen LogP contribution in [0.1, 0.15) is 19.3 Å². The van der Waals surface area contributed by atoms with Crippen molar-refractivity contribution in [3.63, 3.8) is 0 Å². The Morgan fingerprint density at radius 1 is 1.00 bits per heavy atom. The maximum absolute atomic E-state index is 9.25. The van der Waals surface area contributed by atoms with Gasteiger partial charge < -0.3 is 5.11 Å². The molecule has 2 rings (SSSR count). The highest BCUT2D eigenvalue weighted by Gasteiger charge is 2.30. The summed E-state index contributed by atoms with van der Waals surface area (Å²) in [5.74, 6) is 0.391. The molecular formula is C12H18OSi. The maximum atomic E-state index is 9.25. The first kappa shape index (κ1) is 9.78. The van der Waals surface area contributed by atoms with Crippen LogP contribution in [0.3, 0.4) is 0 Å². The summed E-state index contributed by atoms with van der Waals surface area (Å²) < 4.78 is 0. The predicted octanol–water partition coefficient (Wildman–Crippen LogP) is 2.86. The van der Waals surface area contributed by atoms with E-state index in [9.17, 15) is 5.11 Å². The van der Waals surface area contributed by atoms with Crippen molar-refractivity contribution in [2.75, 3.05) is 0 Å². The van der Waals surface area contributed by atoms with Crippen molar-refractivity contribution < 1.29 is 5.11 Å². The first-order valence-corrected chi connectivity index (χ1v) is 8.42. The predicted molar refractivity (Wildman–Crippen MR) is 62.8 cm³/mol. The summed E-state index contributed by atoms with van der Waals surface area (Å²) in [6.45, 7) is 2.48. The summed E-state index contributed by atoms with van der Waals surface area (Å²) in [4.78, 5) is 0. The number of benzene rings is 1. The minimum absolute atomic E-state index is 0.391. The van der Waals surface area contributed by atoms with Crippen molar-refractivity contribution in [1.82, 2.24) is 0 Å². The van der Waals surface area contributed by atoms with Crippen LogP contribution in [-0.4, -0.2) is 13.2 Å². The smallest absolute Gasteiger partial charge is 0.115 e. The van der Waals surface area contributed by atoms with E-state index >= 15 is 0 Å². The third-order valence-electron chi connectivity index (χ3n) is 3.52. The van der Waals surface area contributed by atoms with Gasteiger partial charge in [-0.15, -0.1) is 0 Å². The van der Waals surface area contributed by atoms with Crippen LogP contribution in [0.2, 0.25) is 18.6 Å². The van der Waals surface area contributed by atoms with E-state index < -0.39 is 8.07 Å². The molecule has 2 heteroatoms. The van der Waals surface area contributed by atoms with Gasteiger partial charge in [0.2, 0.25) is 0 Å². The Kier molecular flexibility index (Phi) is 2.64. The third kappa shape index (κ3) is 1.85. The molecule has 0 radical (unpaired) electrons. The Labute approximate surface area is 86.8 Å². The zero-order valence-corrected chi connectivity index (χ0v) is 9.79. The summed E-state index contributed by atoms with van der Waals surface area (Å²) >= 11 is 0. The number of aromatic hydroxyl groups is 1. The van der Waals surface area contributed by atoms with Gasteiger partial charge >= 0.3 is 0 Å². The number of rotatable bonds is 1. The maximum Gasteiger partial charge on any atom is 0.115 e. The van der Waals surface area contributed by atoms with E-state index in [1.54, 1.807) is 0 Å². The average Bonchev–Trinajstić information content (AvgIpc) is 2.19. The topological polar surface area (TPSA) is 20.2 Å². The fourth-order valence-corrected chi connectivity index (χ4v) is 6.34. The molecule has 1 N–H and O–H groups in total. The van der Waals surface area contributed by atoms with Crippen LogP contribution >= 0.6 is 0 Å². The molecule has 1 fully saturated rings. The normalized spacial score (nSPS) is 20.6. The van der Waals surface area contributed by atoms with Crippen LogP contribution in [0, 0.1) is 0 Å². The molecule has 0 amide bonds. The quantitative estimate of drug-likeness (QED) is 0.701. The highest BCUT2D eigenvalue weighted by molar-refractivity contribution is 6.91. The molecule has 1 heterocycles. The molecule has 0 spiro atoms. The Morgan fingerprint density at radius 2 is 1.57 bits per heavy atom. The number of hydrogen-bond acceptors (Lipinski definition) is 1. The molecule has 1 aromatic rings. The van der Waals surface area contributed by atoms with E-state index in [4.69, 9.17) is 0 Å². The van der Waals surface area contributed by atoms with E-state index in [1.165, 1.54) is 36.5 Å². The molecular weight excluding hydrogens is 188 g/mol. The fourth-order valence-electron chi connectivity index (χ4n) is 2.48. The molecule has 0 aliphatic carbocycles. The standard InChI is InChI=1S/C12H18OSi/c1-14(9-3-2-4-10-14)12-7-5-11(13)6-8-12/h5-8,13H,2-4,9-10H2,1H3. The molecule has 0 saturated carbocycles. The van der Waals surface area contributed by atoms with Gasteiger partial charge in [-0.2, -0.15) is 0 Å². The first-order chi connectivity index (χ1) is 6.71. The van der Waals surface area contributed by atoms with Crippen molar-refractivity contribution >= 4 is 13.3 Å². The molecule has 76 valence electrons. The molecule has 0 bridgehead atoms. The van der Waals surface area contributed by atoms with Gasteiger partial charge in [-0.1, -0.05) is 55.2 Å². The van der Waals surface area contributed by atoms with Crippen LogP contribution in [0.5, 0.6) is 5.75 Å². The Balaban J connectivity index is 2.23. The summed E-state index contributed by atoms with van der Waals surface area (Å²) in [5, 5.41) is 10.8. The zero-order valence-electron chi connectivity index (χ0n) is 8.79. The average molecular weight is 206 g/mol. The zero-order chi connectivity index (χ0) is 10.0. The summed E-state index contributed by atoms with van der Waals surface area (Å²) in [6.07, 6.45) is 4.23. The Morgan fingerprint density at radius 3 is 2.14 bits per heavy atom. The second kappa shape index (κ2) is 3.77. The lowest BCUT2D eigenvalue weighted by Gasteiger charge is -2.31. The molecule has 0 aromatic heterocycles. The third-order valence-corrected chi connectivity index (χ3v) is 8.16. The molecule has 1 saturated heterocycles. The molecule has 1 nitrogen and oxygen atoms in total. The summed E-state index contributed by atoms with van der Waals surface area (Å²) in [6, 6.07) is 10.8. The minimum atomic E-state index is -1.15. The molecule has 0 atom stereocenters. The second-order valence-electron chi connectivity index (χ2n) is 4.67. The molecule has 1 aromatic carbocycles. The highest BCUT2D eigenvalue weighted by atomic mass is 28.3. The van der Waals surface area contributed by atoms with E-state index in [0.29, 0.717) is 5.75 Å². The lowest BCUT2D eigenvalue weighted by molar-refractivity contribution is 0.475. The molecule has 1 aliphatic rings. The van der Waals surface area contributed by atoms with Crippen LogP contribution in [0.4, 0.5) is 0 Å². The van der Waals surface area contributed by atoms with Crippen molar-refractivity contribution in [2.24, 2.45) is 0 Å². The number of hydrogen-bond donors (Lipinski definition) is 1. The minimum Gasteiger partial charge on any atom is -0.508 e. The Hall–Kier alpha value is -0.763. The highest BCUT2D eigenvalue weighted by Crippen LogP contribution is 2.28. The van der Waals surface area contributed by atoms with Gasteiger partial charge in [0.05, 0.1) is 8.07 Å². The Bertz CT molecular complexity index is 299. The monoisotopic (exact) mass is 206 g/mol.